The minimum atomic E-state index is -0.490. The first kappa shape index (κ1) is 22.2. The summed E-state index contributed by atoms with van der Waals surface area (Å²) in [5.41, 5.74) is 3.12. The average molecular weight is 486 g/mol. The number of imidazole rings is 1. The lowest BCUT2D eigenvalue weighted by atomic mass is 9.44. The van der Waals surface area contributed by atoms with Gasteiger partial charge in [0.2, 0.25) is 0 Å². The molecule has 5 nitrogen and oxygen atoms in total. The van der Waals surface area contributed by atoms with Gasteiger partial charge in [0.05, 0.1) is 30.4 Å². The van der Waals surface area contributed by atoms with Crippen molar-refractivity contribution in [3.8, 4) is 11.3 Å². The minimum absolute atomic E-state index is 0.00258. The number of amides is 1. The molecule has 36 heavy (non-hydrogen) atoms. The topological polar surface area (TPSA) is 67.2 Å². The van der Waals surface area contributed by atoms with Crippen molar-refractivity contribution >= 4 is 5.91 Å². The molecule has 2 heterocycles. The maximum Gasteiger partial charge on any atom is 0.251 e. The van der Waals surface area contributed by atoms with Gasteiger partial charge >= 0.3 is 0 Å². The fourth-order valence-electron chi connectivity index (χ4n) is 8.53. The maximum atomic E-state index is 15.0. The summed E-state index contributed by atoms with van der Waals surface area (Å²) in [6, 6.07) is 14.4. The molecule has 1 amide bonds. The van der Waals surface area contributed by atoms with Crippen LogP contribution in [0.15, 0.2) is 61.1 Å². The second-order valence-electron chi connectivity index (χ2n) is 11.7. The Balaban J connectivity index is 1.09. The van der Waals surface area contributed by atoms with Gasteiger partial charge in [0, 0.05) is 23.2 Å². The van der Waals surface area contributed by atoms with Gasteiger partial charge in [0.1, 0.15) is 5.82 Å². The predicted octanol–water partition coefficient (Wildman–Crippen LogP) is 5.22. The molecule has 1 aliphatic heterocycles. The molecule has 4 aliphatic carbocycles. The summed E-state index contributed by atoms with van der Waals surface area (Å²) in [6.07, 6.45) is 9.06. The number of nitrogens with zero attached hydrogens (tertiary/aromatic N) is 2. The molecule has 0 saturated heterocycles. The van der Waals surface area contributed by atoms with Crippen molar-refractivity contribution in [1.82, 2.24) is 14.9 Å². The fourth-order valence-corrected chi connectivity index (χ4v) is 8.53. The van der Waals surface area contributed by atoms with Crippen molar-refractivity contribution in [3.63, 3.8) is 0 Å². The summed E-state index contributed by atoms with van der Waals surface area (Å²) in [7, 11) is 0. The molecular formula is C30H32FN3O2. The van der Waals surface area contributed by atoms with E-state index in [0.717, 1.165) is 30.5 Å². The van der Waals surface area contributed by atoms with E-state index in [0.29, 0.717) is 47.8 Å². The van der Waals surface area contributed by atoms with Gasteiger partial charge in [-0.1, -0.05) is 30.3 Å². The van der Waals surface area contributed by atoms with Gasteiger partial charge in [0.15, 0.2) is 0 Å². The first-order valence-electron chi connectivity index (χ1n) is 13.3. The molecular weight excluding hydrogens is 453 g/mol. The van der Waals surface area contributed by atoms with Crippen LogP contribution in [-0.4, -0.2) is 33.2 Å². The number of aromatic nitrogens is 2. The van der Waals surface area contributed by atoms with E-state index in [-0.39, 0.29) is 23.2 Å². The quantitative estimate of drug-likeness (QED) is 0.503. The second-order valence-corrected chi connectivity index (χ2v) is 11.7. The van der Waals surface area contributed by atoms with E-state index in [1.54, 1.807) is 18.6 Å². The number of hydrogen-bond donors (Lipinski definition) is 2. The first-order valence-corrected chi connectivity index (χ1v) is 13.3. The number of carbonyl (C=O) groups excluding carboxylic acids is 1. The third-order valence-corrected chi connectivity index (χ3v) is 9.87. The molecule has 3 aromatic rings. The molecule has 4 atom stereocenters. The molecule has 4 fully saturated rings. The molecule has 186 valence electrons. The number of halogens is 1. The molecule has 4 unspecified atom stereocenters. The number of benzene rings is 2. The Bertz CT molecular complexity index is 1290. The third-order valence-electron chi connectivity index (χ3n) is 9.87. The van der Waals surface area contributed by atoms with Crippen molar-refractivity contribution in [2.75, 3.05) is 6.54 Å². The lowest BCUT2D eigenvalue weighted by Crippen LogP contribution is -2.57. The smallest absolute Gasteiger partial charge is 0.251 e. The van der Waals surface area contributed by atoms with Crippen LogP contribution in [0.5, 0.6) is 0 Å². The van der Waals surface area contributed by atoms with E-state index in [9.17, 15) is 14.3 Å². The van der Waals surface area contributed by atoms with Crippen LogP contribution < -0.4 is 5.32 Å². The zero-order valence-corrected chi connectivity index (χ0v) is 20.3. The molecule has 0 radical (unpaired) electrons. The zero-order valence-electron chi connectivity index (χ0n) is 20.3. The highest BCUT2D eigenvalue weighted by Gasteiger charge is 2.58. The van der Waals surface area contributed by atoms with E-state index >= 15 is 0 Å². The maximum absolute atomic E-state index is 15.0. The van der Waals surface area contributed by atoms with Crippen LogP contribution in [0.2, 0.25) is 0 Å². The van der Waals surface area contributed by atoms with E-state index < -0.39 is 6.10 Å². The Hall–Kier alpha value is -2.99. The fraction of sp³-hybridized carbons (Fsp3) is 0.467. The van der Waals surface area contributed by atoms with Crippen LogP contribution in [0, 0.1) is 34.9 Å². The lowest BCUT2D eigenvalue weighted by molar-refractivity contribution is -0.149. The van der Waals surface area contributed by atoms with Crippen LogP contribution in [0.4, 0.5) is 4.39 Å². The van der Waals surface area contributed by atoms with E-state index in [1.807, 2.05) is 41.0 Å². The summed E-state index contributed by atoms with van der Waals surface area (Å²) >= 11 is 0. The highest BCUT2D eigenvalue weighted by molar-refractivity contribution is 5.94. The molecule has 5 aliphatic rings. The van der Waals surface area contributed by atoms with Crippen LogP contribution >= 0.6 is 0 Å². The Kier molecular flexibility index (Phi) is 5.11. The summed E-state index contributed by atoms with van der Waals surface area (Å²) in [5, 5.41) is 15.0. The van der Waals surface area contributed by atoms with Crippen LogP contribution in [0.25, 0.3) is 11.3 Å². The summed E-state index contributed by atoms with van der Waals surface area (Å²) in [6.45, 7) is 0.710. The Morgan fingerprint density at radius 2 is 1.89 bits per heavy atom. The number of nitrogens with one attached hydrogen (secondary N) is 1. The van der Waals surface area contributed by atoms with E-state index in [4.69, 9.17) is 0 Å². The molecule has 2 N–H and O–H groups in total. The van der Waals surface area contributed by atoms with Gasteiger partial charge in [-0.3, -0.25) is 4.79 Å². The summed E-state index contributed by atoms with van der Waals surface area (Å²) in [4.78, 5) is 17.0. The summed E-state index contributed by atoms with van der Waals surface area (Å²) < 4.78 is 17.0. The number of rotatable bonds is 6. The lowest BCUT2D eigenvalue weighted by Gasteiger charge is -2.61. The van der Waals surface area contributed by atoms with E-state index in [1.165, 1.54) is 18.9 Å². The molecule has 0 spiro atoms. The molecule has 4 saturated carbocycles. The van der Waals surface area contributed by atoms with Crippen LogP contribution in [0.3, 0.4) is 0 Å². The largest absolute Gasteiger partial charge is 0.392 e. The second kappa shape index (κ2) is 8.27. The van der Waals surface area contributed by atoms with Gasteiger partial charge in [-0.05, 0) is 85.8 Å². The first-order chi connectivity index (χ1) is 17.5. The standard InChI is InChI=1S/C30H32FN3O2/c31-24-8-4-7-22-26-16-32-17-34(26)25(28(22)24)11-27(35)30-12-18-9-20(13-30)23(21(10-18)14-30)15-33-29(36)19-5-2-1-3-6-19/h1-8,16-18,20-21,23,25,27,35H,9-15H2,(H,33,36). The van der Waals surface area contributed by atoms with Crippen molar-refractivity contribution < 1.29 is 14.3 Å². The minimum Gasteiger partial charge on any atom is -0.392 e. The number of fused-ring (bicyclic) bond motifs is 3. The highest BCUT2D eigenvalue weighted by Crippen LogP contribution is 2.64. The van der Waals surface area contributed by atoms with E-state index in [2.05, 4.69) is 10.3 Å². The number of carbonyl (C=O) groups is 1. The zero-order chi connectivity index (χ0) is 24.4. The van der Waals surface area contributed by atoms with Crippen LogP contribution in [0.1, 0.15) is 60.5 Å². The van der Waals surface area contributed by atoms with Gasteiger partial charge in [-0.15, -0.1) is 0 Å². The van der Waals surface area contributed by atoms with Gasteiger partial charge < -0.3 is 15.0 Å². The van der Waals surface area contributed by atoms with Crippen molar-refractivity contribution in [2.24, 2.45) is 29.1 Å². The van der Waals surface area contributed by atoms with Gasteiger partial charge in [0.25, 0.3) is 5.91 Å². The van der Waals surface area contributed by atoms with Gasteiger partial charge in [-0.2, -0.15) is 0 Å². The molecule has 4 bridgehead atoms. The normalized spacial score (nSPS) is 32.2. The van der Waals surface area contributed by atoms with Crippen molar-refractivity contribution in [2.45, 2.75) is 50.7 Å². The highest BCUT2D eigenvalue weighted by atomic mass is 19.1. The number of aliphatic hydroxyl groups is 1. The van der Waals surface area contributed by atoms with Crippen molar-refractivity contribution in [3.05, 3.63) is 78.0 Å². The SMILES string of the molecule is O=C(NCC1C2CC3CC1CC(C(O)CC1c4c(F)cccc4-c4cncn41)(C3)C2)c1ccccc1. The molecule has 2 aromatic carbocycles. The number of aliphatic hydroxyl groups excluding tert-OH is 1. The van der Waals surface area contributed by atoms with Gasteiger partial charge in [-0.25, -0.2) is 9.37 Å². The monoisotopic (exact) mass is 485 g/mol. The Morgan fingerprint density at radius 3 is 2.67 bits per heavy atom. The molecule has 8 rings (SSSR count). The summed E-state index contributed by atoms with van der Waals surface area (Å²) in [5.74, 6) is 1.97. The molecule has 1 aromatic heterocycles. The molecule has 6 heteroatoms. The predicted molar refractivity (Wildman–Crippen MR) is 135 cm³/mol. The Morgan fingerprint density at radius 1 is 1.11 bits per heavy atom. The third kappa shape index (κ3) is 3.37. The Labute approximate surface area is 210 Å². The average Bonchev–Trinajstić information content (AvgIpc) is 3.47. The van der Waals surface area contributed by atoms with Crippen LogP contribution in [-0.2, 0) is 0 Å². The van der Waals surface area contributed by atoms with Crippen molar-refractivity contribution in [1.29, 1.82) is 0 Å². The number of hydrogen-bond acceptors (Lipinski definition) is 3.